The van der Waals surface area contributed by atoms with Gasteiger partial charge in [0.2, 0.25) is 0 Å². The summed E-state index contributed by atoms with van der Waals surface area (Å²) in [5.74, 6) is -0.898. The summed E-state index contributed by atoms with van der Waals surface area (Å²) in [5.41, 5.74) is 4.05. The Hall–Kier alpha value is -1.61. The molecule has 0 fully saturated rings. The summed E-state index contributed by atoms with van der Waals surface area (Å²) in [6, 6.07) is 6.59. The number of carbonyl (C=O) groups is 1. The lowest BCUT2D eigenvalue weighted by molar-refractivity contribution is -0.131. The first-order valence-electron chi connectivity index (χ1n) is 6.77. The van der Waals surface area contributed by atoms with Gasteiger partial charge in [0, 0.05) is 6.08 Å². The number of carboxylic acids is 1. The second kappa shape index (κ2) is 6.02. The van der Waals surface area contributed by atoms with Gasteiger partial charge in [-0.25, -0.2) is 4.79 Å². The minimum Gasteiger partial charge on any atom is -0.478 e. The van der Waals surface area contributed by atoms with E-state index in [4.69, 9.17) is 5.11 Å². The van der Waals surface area contributed by atoms with Crippen LogP contribution in [0.25, 0.3) is 0 Å². The molecule has 0 radical (unpaired) electrons. The van der Waals surface area contributed by atoms with Crippen molar-refractivity contribution in [1.29, 1.82) is 0 Å². The van der Waals surface area contributed by atoms with Gasteiger partial charge in [-0.05, 0) is 56.5 Å². The molecule has 1 atom stereocenters. The van der Waals surface area contributed by atoms with Gasteiger partial charge in [-0.3, -0.25) is 4.90 Å². The van der Waals surface area contributed by atoms with E-state index in [2.05, 4.69) is 18.2 Å². The molecule has 1 N–H and O–H groups in total. The van der Waals surface area contributed by atoms with Gasteiger partial charge in [0.15, 0.2) is 0 Å². The highest BCUT2D eigenvalue weighted by atomic mass is 16.4. The lowest BCUT2D eigenvalue weighted by atomic mass is 9.89. The van der Waals surface area contributed by atoms with E-state index < -0.39 is 5.97 Å². The first-order chi connectivity index (χ1) is 9.08. The SMILES string of the molecule is CN(C)C(/C=C/C(=O)O)c1ccc2c(c1)CCCC2. The van der Waals surface area contributed by atoms with E-state index in [9.17, 15) is 4.79 Å². The van der Waals surface area contributed by atoms with Gasteiger partial charge in [0.25, 0.3) is 0 Å². The molecule has 1 unspecified atom stereocenters. The number of benzene rings is 1. The molecule has 0 aromatic heterocycles. The number of hydrogen-bond donors (Lipinski definition) is 1. The van der Waals surface area contributed by atoms with E-state index in [1.54, 1.807) is 6.08 Å². The molecular formula is C16H21NO2. The predicted molar refractivity (Wildman–Crippen MR) is 76.3 cm³/mol. The summed E-state index contributed by atoms with van der Waals surface area (Å²) in [5, 5.41) is 8.78. The summed E-state index contributed by atoms with van der Waals surface area (Å²) < 4.78 is 0. The molecule has 0 saturated heterocycles. The van der Waals surface area contributed by atoms with Crippen LogP contribution in [0.4, 0.5) is 0 Å². The number of carboxylic acid groups (broad SMARTS) is 1. The van der Waals surface area contributed by atoms with Crippen LogP contribution in [0.15, 0.2) is 30.4 Å². The van der Waals surface area contributed by atoms with Crippen molar-refractivity contribution in [3.8, 4) is 0 Å². The fraction of sp³-hybridized carbons (Fsp3) is 0.438. The third-order valence-electron chi connectivity index (χ3n) is 3.69. The number of hydrogen-bond acceptors (Lipinski definition) is 2. The van der Waals surface area contributed by atoms with Crippen LogP contribution < -0.4 is 0 Å². The normalized spacial score (nSPS) is 16.6. The zero-order valence-corrected chi connectivity index (χ0v) is 11.6. The maximum absolute atomic E-state index is 10.7. The standard InChI is InChI=1S/C16H21NO2/c1-17(2)15(9-10-16(18)19)14-8-7-12-5-3-4-6-13(12)11-14/h7-11,15H,3-6H2,1-2H3,(H,18,19)/b10-9+. The van der Waals surface area contributed by atoms with Crippen molar-refractivity contribution in [2.45, 2.75) is 31.7 Å². The monoisotopic (exact) mass is 259 g/mol. The van der Waals surface area contributed by atoms with Crippen molar-refractivity contribution >= 4 is 5.97 Å². The highest BCUT2D eigenvalue weighted by molar-refractivity contribution is 5.79. The Balaban J connectivity index is 2.29. The maximum Gasteiger partial charge on any atom is 0.328 e. The van der Waals surface area contributed by atoms with Crippen molar-refractivity contribution in [3.05, 3.63) is 47.0 Å². The lowest BCUT2D eigenvalue weighted by Crippen LogP contribution is -2.19. The van der Waals surface area contributed by atoms with Crippen LogP contribution in [0.5, 0.6) is 0 Å². The highest BCUT2D eigenvalue weighted by Crippen LogP contribution is 2.27. The van der Waals surface area contributed by atoms with Crippen molar-refractivity contribution in [3.63, 3.8) is 0 Å². The predicted octanol–water partition coefficient (Wildman–Crippen LogP) is 2.81. The minimum atomic E-state index is -0.898. The van der Waals surface area contributed by atoms with Gasteiger partial charge in [-0.2, -0.15) is 0 Å². The molecule has 0 saturated carbocycles. The van der Waals surface area contributed by atoms with Crippen molar-refractivity contribution in [2.75, 3.05) is 14.1 Å². The average molecular weight is 259 g/mol. The Labute approximate surface area is 114 Å². The highest BCUT2D eigenvalue weighted by Gasteiger charge is 2.15. The molecule has 3 heteroatoms. The van der Waals surface area contributed by atoms with Crippen LogP contribution in [0.1, 0.15) is 35.6 Å². The first kappa shape index (κ1) is 13.8. The summed E-state index contributed by atoms with van der Waals surface area (Å²) >= 11 is 0. The molecule has 1 aromatic carbocycles. The molecule has 1 aliphatic carbocycles. The zero-order valence-electron chi connectivity index (χ0n) is 11.6. The molecule has 0 aliphatic heterocycles. The average Bonchev–Trinajstić information content (AvgIpc) is 2.38. The van der Waals surface area contributed by atoms with Gasteiger partial charge >= 0.3 is 5.97 Å². The first-order valence-corrected chi connectivity index (χ1v) is 6.77. The van der Waals surface area contributed by atoms with Gasteiger partial charge in [0.05, 0.1) is 6.04 Å². The van der Waals surface area contributed by atoms with Crippen molar-refractivity contribution in [1.82, 2.24) is 4.90 Å². The van der Waals surface area contributed by atoms with E-state index in [1.165, 1.54) is 42.0 Å². The number of aliphatic carboxylic acids is 1. The minimum absolute atomic E-state index is 0.0170. The Kier molecular flexibility index (Phi) is 4.38. The molecule has 2 rings (SSSR count). The summed E-state index contributed by atoms with van der Waals surface area (Å²) in [6.45, 7) is 0. The van der Waals surface area contributed by atoms with Gasteiger partial charge < -0.3 is 5.11 Å². The number of aryl methyl sites for hydroxylation is 2. The second-order valence-electron chi connectivity index (χ2n) is 5.34. The van der Waals surface area contributed by atoms with Gasteiger partial charge in [0.1, 0.15) is 0 Å². The van der Waals surface area contributed by atoms with Gasteiger partial charge in [-0.15, -0.1) is 0 Å². The third kappa shape index (κ3) is 3.44. The van der Waals surface area contributed by atoms with E-state index in [0.717, 1.165) is 6.42 Å². The van der Waals surface area contributed by atoms with Crippen molar-refractivity contribution in [2.24, 2.45) is 0 Å². The molecule has 3 nitrogen and oxygen atoms in total. The third-order valence-corrected chi connectivity index (χ3v) is 3.69. The molecule has 0 bridgehead atoms. The summed E-state index contributed by atoms with van der Waals surface area (Å²) in [4.78, 5) is 12.7. The van der Waals surface area contributed by atoms with E-state index in [0.29, 0.717) is 0 Å². The molecule has 0 heterocycles. The van der Waals surface area contributed by atoms with Crippen molar-refractivity contribution < 1.29 is 9.90 Å². The largest absolute Gasteiger partial charge is 0.478 e. The van der Waals surface area contributed by atoms with E-state index >= 15 is 0 Å². The van der Waals surface area contributed by atoms with Crippen LogP contribution in [-0.4, -0.2) is 30.1 Å². The van der Waals surface area contributed by atoms with E-state index in [-0.39, 0.29) is 6.04 Å². The zero-order chi connectivity index (χ0) is 13.8. The number of likely N-dealkylation sites (N-methyl/N-ethyl adjacent to an activating group) is 1. The van der Waals surface area contributed by atoms with Crippen LogP contribution in [-0.2, 0) is 17.6 Å². The topological polar surface area (TPSA) is 40.5 Å². The molecule has 1 aromatic rings. The number of nitrogens with zero attached hydrogens (tertiary/aromatic N) is 1. The van der Waals surface area contributed by atoms with Gasteiger partial charge in [-0.1, -0.05) is 24.3 Å². The van der Waals surface area contributed by atoms with Crippen LogP contribution in [0.3, 0.4) is 0 Å². The molecule has 0 amide bonds. The van der Waals surface area contributed by atoms with E-state index in [1.807, 2.05) is 19.0 Å². The molecule has 102 valence electrons. The lowest BCUT2D eigenvalue weighted by Gasteiger charge is -2.24. The molecular weight excluding hydrogens is 238 g/mol. The maximum atomic E-state index is 10.7. The Morgan fingerprint density at radius 3 is 2.58 bits per heavy atom. The Morgan fingerprint density at radius 2 is 1.95 bits per heavy atom. The quantitative estimate of drug-likeness (QED) is 0.845. The van der Waals surface area contributed by atoms with Crippen LogP contribution in [0, 0.1) is 0 Å². The number of fused-ring (bicyclic) bond motifs is 1. The Bertz CT molecular complexity index is 492. The molecule has 1 aliphatic rings. The molecule has 0 spiro atoms. The van der Waals surface area contributed by atoms with Crippen LogP contribution >= 0.6 is 0 Å². The fourth-order valence-corrected chi connectivity index (χ4v) is 2.69. The summed E-state index contributed by atoms with van der Waals surface area (Å²) in [6.07, 6.45) is 7.83. The second-order valence-corrected chi connectivity index (χ2v) is 5.34. The Morgan fingerprint density at radius 1 is 1.26 bits per heavy atom. The smallest absolute Gasteiger partial charge is 0.328 e. The number of rotatable bonds is 4. The summed E-state index contributed by atoms with van der Waals surface area (Å²) in [7, 11) is 3.94. The fourth-order valence-electron chi connectivity index (χ4n) is 2.69. The van der Waals surface area contributed by atoms with Crippen LogP contribution in [0.2, 0.25) is 0 Å². The molecule has 19 heavy (non-hydrogen) atoms.